The molecular formula is C29H25F7N2O2. The van der Waals surface area contributed by atoms with E-state index in [2.05, 4.69) is 4.98 Å². The Morgan fingerprint density at radius 2 is 1.65 bits per heavy atom. The summed E-state index contributed by atoms with van der Waals surface area (Å²) in [7, 11) is 0. The minimum absolute atomic E-state index is 0.0737. The number of rotatable bonds is 6. The molecular weight excluding hydrogens is 541 g/mol. The highest BCUT2D eigenvalue weighted by Crippen LogP contribution is 2.46. The van der Waals surface area contributed by atoms with Gasteiger partial charge in [-0.3, -0.25) is 9.78 Å². The maximum absolute atomic E-state index is 13.7. The van der Waals surface area contributed by atoms with E-state index in [4.69, 9.17) is 4.74 Å². The Hall–Kier alpha value is -3.47. The van der Waals surface area contributed by atoms with Gasteiger partial charge < -0.3 is 9.64 Å². The van der Waals surface area contributed by atoms with Crippen LogP contribution in [0.2, 0.25) is 0 Å². The first-order valence-electron chi connectivity index (χ1n) is 12.7. The summed E-state index contributed by atoms with van der Waals surface area (Å²) >= 11 is 0. The van der Waals surface area contributed by atoms with E-state index in [1.165, 1.54) is 19.1 Å². The fraction of sp³-hybridized carbons (Fsp3) is 0.379. The highest BCUT2D eigenvalue weighted by molar-refractivity contribution is 5.82. The van der Waals surface area contributed by atoms with Gasteiger partial charge >= 0.3 is 12.4 Å². The van der Waals surface area contributed by atoms with Crippen molar-refractivity contribution in [2.45, 2.75) is 56.3 Å². The third-order valence-electron chi connectivity index (χ3n) is 7.67. The molecule has 11 heteroatoms. The van der Waals surface area contributed by atoms with Crippen LogP contribution in [0.25, 0.3) is 0 Å². The molecule has 2 unspecified atom stereocenters. The first-order chi connectivity index (χ1) is 18.8. The summed E-state index contributed by atoms with van der Waals surface area (Å²) in [5.74, 6) is -1.37. The zero-order valence-corrected chi connectivity index (χ0v) is 21.2. The zero-order chi connectivity index (χ0) is 28.8. The number of ether oxygens (including phenoxy) is 1. The van der Waals surface area contributed by atoms with E-state index < -0.39 is 47.4 Å². The fourth-order valence-electron chi connectivity index (χ4n) is 5.82. The lowest BCUT2D eigenvalue weighted by Gasteiger charge is -2.27. The summed E-state index contributed by atoms with van der Waals surface area (Å²) in [5.41, 5.74) is -1.58. The van der Waals surface area contributed by atoms with Gasteiger partial charge in [-0.05, 0) is 72.9 Å². The molecule has 2 fully saturated rings. The van der Waals surface area contributed by atoms with Crippen molar-refractivity contribution < 1.29 is 40.3 Å². The van der Waals surface area contributed by atoms with Crippen LogP contribution in [-0.2, 0) is 28.3 Å². The minimum atomic E-state index is -4.99. The number of amides is 1. The van der Waals surface area contributed by atoms with Crippen molar-refractivity contribution in [2.75, 3.05) is 6.54 Å². The van der Waals surface area contributed by atoms with E-state index in [9.17, 15) is 35.5 Å². The molecule has 2 aromatic carbocycles. The Bertz CT molecular complexity index is 1330. The Labute approximate surface area is 225 Å². The number of halogens is 7. The Balaban J connectivity index is 1.43. The molecule has 0 radical (unpaired) electrons. The lowest BCUT2D eigenvalue weighted by atomic mass is 9.85. The molecule has 4 nitrogen and oxygen atoms in total. The molecule has 0 spiro atoms. The summed E-state index contributed by atoms with van der Waals surface area (Å²) in [4.78, 5) is 19.1. The first-order valence-corrected chi connectivity index (χ1v) is 12.7. The van der Waals surface area contributed by atoms with Gasteiger partial charge in [0.25, 0.3) is 0 Å². The molecule has 1 amide bonds. The van der Waals surface area contributed by atoms with Gasteiger partial charge in [0.05, 0.1) is 23.3 Å². The lowest BCUT2D eigenvalue weighted by molar-refractivity contribution is -0.143. The van der Waals surface area contributed by atoms with Gasteiger partial charge in [0.1, 0.15) is 5.82 Å². The second kappa shape index (κ2) is 10.5. The molecule has 0 saturated carbocycles. The van der Waals surface area contributed by atoms with Gasteiger partial charge in [0, 0.05) is 36.8 Å². The van der Waals surface area contributed by atoms with E-state index in [0.717, 1.165) is 5.56 Å². The summed E-state index contributed by atoms with van der Waals surface area (Å²) in [6, 6.07) is 10.4. The van der Waals surface area contributed by atoms with Crippen molar-refractivity contribution >= 4 is 5.91 Å². The topological polar surface area (TPSA) is 42.4 Å². The lowest BCUT2D eigenvalue weighted by Crippen LogP contribution is -2.31. The Morgan fingerprint density at radius 1 is 1.00 bits per heavy atom. The van der Waals surface area contributed by atoms with Crippen LogP contribution >= 0.6 is 0 Å². The van der Waals surface area contributed by atoms with Crippen LogP contribution in [0.3, 0.4) is 0 Å². The molecule has 1 aromatic heterocycles. The minimum Gasteiger partial charge on any atom is -0.368 e. The summed E-state index contributed by atoms with van der Waals surface area (Å²) in [6.07, 6.45) is -7.61. The largest absolute Gasteiger partial charge is 0.416 e. The van der Waals surface area contributed by atoms with Gasteiger partial charge in [0.2, 0.25) is 5.91 Å². The van der Waals surface area contributed by atoms with Gasteiger partial charge in [-0.1, -0.05) is 18.2 Å². The third-order valence-corrected chi connectivity index (χ3v) is 7.67. The molecule has 5 rings (SSSR count). The standard InChI is InChI=1S/C29H25F7N2O2/c1-16(19-10-21(28(31,32)33)13-22(11-19)29(34,35)36)40-25-15-38-24(26(25)18-4-6-23(30)7-5-18)12-20(27(38)39)9-17-3-2-8-37-14-17/h2-8,10-11,13-14,16,20,24-26H,9,12,15H2,1H3/t16-,20?,24?,25+,26+/m1/s1. The van der Waals surface area contributed by atoms with E-state index in [1.807, 2.05) is 6.07 Å². The number of fused-ring (bicyclic) bond motifs is 1. The molecule has 3 aromatic rings. The first kappa shape index (κ1) is 28.1. The second-order valence-electron chi connectivity index (χ2n) is 10.3. The zero-order valence-electron chi connectivity index (χ0n) is 21.2. The van der Waals surface area contributed by atoms with Crippen molar-refractivity contribution in [3.8, 4) is 0 Å². The summed E-state index contributed by atoms with van der Waals surface area (Å²) in [6.45, 7) is 1.48. The van der Waals surface area contributed by atoms with Crippen LogP contribution in [0.15, 0.2) is 67.0 Å². The second-order valence-corrected chi connectivity index (χ2v) is 10.3. The molecule has 2 aliphatic heterocycles. The fourth-order valence-corrected chi connectivity index (χ4v) is 5.82. The van der Waals surface area contributed by atoms with Crippen molar-refractivity contribution in [3.63, 3.8) is 0 Å². The number of hydrogen-bond donors (Lipinski definition) is 0. The molecule has 0 aliphatic carbocycles. The predicted molar refractivity (Wildman–Crippen MR) is 130 cm³/mol. The van der Waals surface area contributed by atoms with Crippen LogP contribution in [0, 0.1) is 11.7 Å². The van der Waals surface area contributed by atoms with Crippen molar-refractivity contribution in [1.29, 1.82) is 0 Å². The molecule has 2 aliphatic rings. The SMILES string of the molecule is C[C@@H](O[C@H]1CN2C(=O)C(Cc3cccnc3)CC2[C@@H]1c1ccc(F)cc1)c1cc(C(F)(F)F)cc(C(F)(F)F)c1. The number of nitrogens with zero attached hydrogens (tertiary/aromatic N) is 2. The van der Waals surface area contributed by atoms with Gasteiger partial charge in [0.15, 0.2) is 0 Å². The van der Waals surface area contributed by atoms with E-state index in [-0.39, 0.29) is 36.0 Å². The normalized spacial score (nSPS) is 23.9. The Kier molecular flexibility index (Phi) is 7.37. The van der Waals surface area contributed by atoms with E-state index >= 15 is 0 Å². The predicted octanol–water partition coefficient (Wildman–Crippen LogP) is 6.96. The quantitative estimate of drug-likeness (QED) is 0.303. The highest BCUT2D eigenvalue weighted by atomic mass is 19.4. The van der Waals surface area contributed by atoms with Crippen LogP contribution in [0.5, 0.6) is 0 Å². The molecule has 40 heavy (non-hydrogen) atoms. The molecule has 0 N–H and O–H groups in total. The number of alkyl halides is 6. The number of benzene rings is 2. The maximum Gasteiger partial charge on any atom is 0.416 e. The average molecular weight is 567 g/mol. The monoisotopic (exact) mass is 566 g/mol. The molecule has 212 valence electrons. The van der Waals surface area contributed by atoms with Crippen LogP contribution < -0.4 is 0 Å². The smallest absolute Gasteiger partial charge is 0.368 e. The highest BCUT2D eigenvalue weighted by Gasteiger charge is 2.52. The number of carbonyl (C=O) groups is 1. The molecule has 0 bridgehead atoms. The van der Waals surface area contributed by atoms with Crippen LogP contribution in [0.1, 0.15) is 53.2 Å². The average Bonchev–Trinajstić information content (AvgIpc) is 3.39. The number of aromatic nitrogens is 1. The van der Waals surface area contributed by atoms with Crippen molar-refractivity contribution in [3.05, 3.63) is 101 Å². The molecule has 5 atom stereocenters. The van der Waals surface area contributed by atoms with Gasteiger partial charge in [-0.25, -0.2) is 4.39 Å². The van der Waals surface area contributed by atoms with E-state index in [1.54, 1.807) is 35.5 Å². The summed E-state index contributed by atoms with van der Waals surface area (Å²) < 4.78 is 100. The van der Waals surface area contributed by atoms with Crippen LogP contribution in [0.4, 0.5) is 30.7 Å². The number of hydrogen-bond acceptors (Lipinski definition) is 3. The summed E-state index contributed by atoms with van der Waals surface area (Å²) in [5, 5.41) is 0. The third kappa shape index (κ3) is 5.70. The number of pyridine rings is 1. The Morgan fingerprint density at radius 3 is 2.23 bits per heavy atom. The number of carbonyl (C=O) groups excluding carboxylic acids is 1. The van der Waals surface area contributed by atoms with Crippen LogP contribution in [-0.4, -0.2) is 34.5 Å². The van der Waals surface area contributed by atoms with Crippen molar-refractivity contribution in [2.24, 2.45) is 5.92 Å². The maximum atomic E-state index is 13.7. The molecule has 2 saturated heterocycles. The van der Waals surface area contributed by atoms with Gasteiger partial charge in [-0.2, -0.15) is 26.3 Å². The molecule has 3 heterocycles. The van der Waals surface area contributed by atoms with Crippen molar-refractivity contribution in [1.82, 2.24) is 9.88 Å². The van der Waals surface area contributed by atoms with Gasteiger partial charge in [-0.15, -0.1) is 0 Å². The van der Waals surface area contributed by atoms with E-state index in [0.29, 0.717) is 30.5 Å².